The monoisotopic (exact) mass is 516 g/mol. The molecular weight excluding hydrogens is 494 g/mol. The number of fused-ring (bicyclic) bond motifs is 1. The highest BCUT2D eigenvalue weighted by molar-refractivity contribution is 6.30. The van der Waals surface area contributed by atoms with E-state index in [0.717, 1.165) is 4.68 Å². The number of benzene rings is 1. The van der Waals surface area contributed by atoms with E-state index in [0.29, 0.717) is 42.4 Å². The van der Waals surface area contributed by atoms with Crippen LogP contribution in [0.25, 0.3) is 22.2 Å². The molecule has 12 heteroatoms. The molecule has 36 heavy (non-hydrogen) atoms. The fourth-order valence-corrected chi connectivity index (χ4v) is 4.39. The Morgan fingerprint density at radius 1 is 1.31 bits per heavy atom. The van der Waals surface area contributed by atoms with E-state index in [9.17, 15) is 13.6 Å². The van der Waals surface area contributed by atoms with Crippen LogP contribution in [0.2, 0.25) is 5.02 Å². The molecule has 0 aliphatic carbocycles. The Morgan fingerprint density at radius 2 is 2.11 bits per heavy atom. The van der Waals surface area contributed by atoms with Gasteiger partial charge in [-0.2, -0.15) is 5.10 Å². The van der Waals surface area contributed by atoms with Crippen molar-refractivity contribution in [3.05, 3.63) is 69.2 Å². The first-order valence-corrected chi connectivity index (χ1v) is 11.6. The summed E-state index contributed by atoms with van der Waals surface area (Å²) in [5, 5.41) is 13.4. The topological polar surface area (TPSA) is 98.3 Å². The Kier molecular flexibility index (Phi) is 6.45. The van der Waals surface area contributed by atoms with Crippen LogP contribution < -0.4 is 10.5 Å². The number of halogens is 3. The van der Waals surface area contributed by atoms with Gasteiger partial charge in [0.25, 0.3) is 5.56 Å². The number of aromatic nitrogens is 5. The first-order chi connectivity index (χ1) is 17.3. The highest BCUT2D eigenvalue weighted by Crippen LogP contribution is 2.33. The lowest BCUT2D eigenvalue weighted by atomic mass is 10.1. The maximum absolute atomic E-state index is 15.0. The van der Waals surface area contributed by atoms with Gasteiger partial charge < -0.3 is 14.7 Å². The van der Waals surface area contributed by atoms with Crippen molar-refractivity contribution >= 4 is 28.3 Å². The summed E-state index contributed by atoms with van der Waals surface area (Å²) in [6, 6.07) is 5.92. The zero-order valence-electron chi connectivity index (χ0n) is 19.5. The SMILES string of the molecule is Cc1nc2cc(N3CCO[C@@H](c4cnn(C(F)CO)c4)C3)nc(-c3ccc(Cl)cc3F)c2c(=O)n1C. The van der Waals surface area contributed by atoms with Gasteiger partial charge in [0.1, 0.15) is 23.6 Å². The third-order valence-electron chi connectivity index (χ3n) is 6.28. The van der Waals surface area contributed by atoms with Crippen molar-refractivity contribution in [2.45, 2.75) is 19.3 Å². The third kappa shape index (κ3) is 4.34. The van der Waals surface area contributed by atoms with Crippen LogP contribution in [0.1, 0.15) is 23.8 Å². The second kappa shape index (κ2) is 9.57. The summed E-state index contributed by atoms with van der Waals surface area (Å²) in [4.78, 5) is 24.4. The molecule has 1 aliphatic rings. The number of aliphatic hydroxyl groups is 1. The summed E-state index contributed by atoms with van der Waals surface area (Å²) in [7, 11) is 1.60. The average Bonchev–Trinajstić information content (AvgIpc) is 3.37. The van der Waals surface area contributed by atoms with E-state index < -0.39 is 24.8 Å². The zero-order valence-corrected chi connectivity index (χ0v) is 20.3. The lowest BCUT2D eigenvalue weighted by Crippen LogP contribution is -2.39. The van der Waals surface area contributed by atoms with Crippen LogP contribution in [-0.4, -0.2) is 55.7 Å². The fraction of sp³-hybridized carbons (Fsp3) is 0.333. The van der Waals surface area contributed by atoms with Gasteiger partial charge in [-0.25, -0.2) is 23.4 Å². The van der Waals surface area contributed by atoms with Crippen LogP contribution in [0.3, 0.4) is 0 Å². The number of alkyl halides is 1. The molecule has 4 heterocycles. The molecule has 0 bridgehead atoms. The van der Waals surface area contributed by atoms with E-state index in [1.54, 1.807) is 26.1 Å². The van der Waals surface area contributed by atoms with Gasteiger partial charge in [0.05, 0.1) is 36.0 Å². The van der Waals surface area contributed by atoms with E-state index in [2.05, 4.69) is 10.1 Å². The summed E-state index contributed by atoms with van der Waals surface area (Å²) in [6.07, 6.45) is 0.902. The van der Waals surface area contributed by atoms with Crippen LogP contribution in [0.5, 0.6) is 0 Å². The molecule has 1 unspecified atom stereocenters. The molecule has 9 nitrogen and oxygen atoms in total. The van der Waals surface area contributed by atoms with Gasteiger partial charge >= 0.3 is 0 Å². The lowest BCUT2D eigenvalue weighted by molar-refractivity contribution is 0.0392. The van der Waals surface area contributed by atoms with Crippen molar-refractivity contribution in [2.24, 2.45) is 7.05 Å². The molecule has 1 saturated heterocycles. The smallest absolute Gasteiger partial charge is 0.263 e. The molecule has 0 radical (unpaired) electrons. The Hall–Kier alpha value is -3.41. The maximum atomic E-state index is 15.0. The second-order valence-electron chi connectivity index (χ2n) is 8.55. The summed E-state index contributed by atoms with van der Waals surface area (Å²) < 4.78 is 37.1. The number of nitrogens with zero attached hydrogens (tertiary/aromatic N) is 6. The largest absolute Gasteiger partial charge is 0.391 e. The van der Waals surface area contributed by atoms with E-state index in [1.165, 1.54) is 29.1 Å². The summed E-state index contributed by atoms with van der Waals surface area (Å²) in [5.41, 5.74) is 1.01. The number of aryl methyl sites for hydroxylation is 1. The van der Waals surface area contributed by atoms with Crippen molar-refractivity contribution in [3.8, 4) is 11.3 Å². The quantitative estimate of drug-likeness (QED) is 0.434. The first-order valence-electron chi connectivity index (χ1n) is 11.3. The molecule has 0 saturated carbocycles. The van der Waals surface area contributed by atoms with Gasteiger partial charge in [-0.1, -0.05) is 11.6 Å². The summed E-state index contributed by atoms with van der Waals surface area (Å²) in [6.45, 7) is 2.22. The van der Waals surface area contributed by atoms with Gasteiger partial charge in [-0.3, -0.25) is 9.36 Å². The highest BCUT2D eigenvalue weighted by Gasteiger charge is 2.27. The average molecular weight is 517 g/mol. The molecule has 1 aromatic carbocycles. The predicted octanol–water partition coefficient (Wildman–Crippen LogP) is 3.33. The molecule has 5 rings (SSSR count). The normalized spacial score (nSPS) is 17.1. The minimum atomic E-state index is -1.64. The molecule has 0 amide bonds. The van der Waals surface area contributed by atoms with Gasteiger partial charge in [0, 0.05) is 48.5 Å². The van der Waals surface area contributed by atoms with Crippen molar-refractivity contribution in [3.63, 3.8) is 0 Å². The molecule has 4 aromatic rings. The van der Waals surface area contributed by atoms with Crippen LogP contribution in [0.4, 0.5) is 14.6 Å². The van der Waals surface area contributed by atoms with E-state index in [4.69, 9.17) is 26.4 Å². The maximum Gasteiger partial charge on any atom is 0.263 e. The minimum absolute atomic E-state index is 0.137. The minimum Gasteiger partial charge on any atom is -0.391 e. The van der Waals surface area contributed by atoms with Crippen LogP contribution in [0, 0.1) is 12.7 Å². The molecule has 2 atom stereocenters. The van der Waals surface area contributed by atoms with E-state index in [-0.39, 0.29) is 27.2 Å². The number of hydrogen-bond acceptors (Lipinski definition) is 7. The molecule has 1 aliphatic heterocycles. The van der Waals surface area contributed by atoms with Crippen LogP contribution in [-0.2, 0) is 11.8 Å². The summed E-state index contributed by atoms with van der Waals surface area (Å²) in [5.74, 6) is 0.392. The van der Waals surface area contributed by atoms with Gasteiger partial charge in [-0.05, 0) is 25.1 Å². The molecule has 3 aromatic heterocycles. The number of ether oxygens (including phenoxy) is 1. The Bertz CT molecular complexity index is 1510. The van der Waals surface area contributed by atoms with E-state index in [1.807, 2.05) is 4.90 Å². The standard InChI is InChI=1S/C24H23ClF2N6O3/c1-13-29-18-8-21(32-5-6-36-19(11-32)14-9-28-33(10-14)20(27)12-34)30-23(22(18)24(35)31(13)2)16-4-3-15(25)7-17(16)26/h3-4,7-10,19-20,34H,5-6,11-12H2,1-2H3/t19-,20?/m1/s1. The Morgan fingerprint density at radius 3 is 2.86 bits per heavy atom. The van der Waals surface area contributed by atoms with Gasteiger partial charge in [0.2, 0.25) is 6.30 Å². The second-order valence-corrected chi connectivity index (χ2v) is 8.98. The van der Waals surface area contributed by atoms with Crippen molar-refractivity contribution in [1.82, 2.24) is 24.3 Å². The van der Waals surface area contributed by atoms with Crippen LogP contribution >= 0.6 is 11.6 Å². The molecule has 1 fully saturated rings. The summed E-state index contributed by atoms with van der Waals surface area (Å²) >= 11 is 5.95. The van der Waals surface area contributed by atoms with Crippen molar-refractivity contribution in [1.29, 1.82) is 0 Å². The lowest BCUT2D eigenvalue weighted by Gasteiger charge is -2.33. The zero-order chi connectivity index (χ0) is 25.6. The van der Waals surface area contributed by atoms with Crippen LogP contribution in [0.15, 0.2) is 41.5 Å². The molecule has 1 N–H and O–H groups in total. The third-order valence-corrected chi connectivity index (χ3v) is 6.51. The Labute approximate surface area is 209 Å². The number of rotatable bonds is 5. The number of aliphatic hydroxyl groups excluding tert-OH is 1. The molecule has 0 spiro atoms. The van der Waals surface area contributed by atoms with Gasteiger partial charge in [-0.15, -0.1) is 0 Å². The van der Waals surface area contributed by atoms with Gasteiger partial charge in [0.15, 0.2) is 0 Å². The highest BCUT2D eigenvalue weighted by atomic mass is 35.5. The number of hydrogen-bond donors (Lipinski definition) is 1. The fourth-order valence-electron chi connectivity index (χ4n) is 4.23. The number of pyridine rings is 1. The van der Waals surface area contributed by atoms with E-state index >= 15 is 0 Å². The molecule has 188 valence electrons. The number of morpholine rings is 1. The number of anilines is 1. The molecular formula is C24H23ClF2N6O3. The predicted molar refractivity (Wildman–Crippen MR) is 130 cm³/mol. The van der Waals surface area contributed by atoms with Crippen molar-refractivity contribution in [2.75, 3.05) is 31.2 Å². The Balaban J connectivity index is 1.60. The first kappa shape index (κ1) is 24.3. The van der Waals surface area contributed by atoms with Crippen molar-refractivity contribution < 1.29 is 18.6 Å².